The van der Waals surface area contributed by atoms with Gasteiger partial charge in [-0.25, -0.2) is 4.98 Å². The van der Waals surface area contributed by atoms with Crippen LogP contribution in [0.15, 0.2) is 12.1 Å². The van der Waals surface area contributed by atoms with E-state index in [-0.39, 0.29) is 11.8 Å². The first-order chi connectivity index (χ1) is 6.91. The highest BCUT2D eigenvalue weighted by molar-refractivity contribution is 5.94. The quantitative estimate of drug-likeness (QED) is 0.799. The van der Waals surface area contributed by atoms with Gasteiger partial charge in [0.2, 0.25) is 0 Å². The Kier molecular flexibility index (Phi) is 3.29. The van der Waals surface area contributed by atoms with E-state index >= 15 is 0 Å². The minimum Gasteiger partial charge on any atom is -0.384 e. The van der Waals surface area contributed by atoms with Gasteiger partial charge in [0.15, 0.2) is 0 Å². The van der Waals surface area contributed by atoms with Crippen LogP contribution >= 0.6 is 0 Å². The highest BCUT2D eigenvalue weighted by atomic mass is 16.2. The van der Waals surface area contributed by atoms with Crippen molar-refractivity contribution in [2.75, 3.05) is 19.8 Å². The molecule has 0 bridgehead atoms. The van der Waals surface area contributed by atoms with Gasteiger partial charge in [-0.1, -0.05) is 13.8 Å². The number of carbonyl (C=O) groups is 1. The van der Waals surface area contributed by atoms with E-state index in [4.69, 9.17) is 5.73 Å². The van der Waals surface area contributed by atoms with Gasteiger partial charge in [0.1, 0.15) is 5.82 Å². The lowest BCUT2D eigenvalue weighted by Crippen LogP contribution is -2.22. The Morgan fingerprint density at radius 3 is 2.47 bits per heavy atom. The van der Waals surface area contributed by atoms with Crippen molar-refractivity contribution in [3.05, 3.63) is 23.4 Å². The Hall–Kier alpha value is -1.58. The second-order valence-corrected chi connectivity index (χ2v) is 4.06. The number of nitrogens with zero attached hydrogens (tertiary/aromatic N) is 2. The summed E-state index contributed by atoms with van der Waals surface area (Å²) in [6.45, 7) is 4.04. The van der Waals surface area contributed by atoms with Gasteiger partial charge in [-0.2, -0.15) is 0 Å². The van der Waals surface area contributed by atoms with E-state index in [2.05, 4.69) is 4.98 Å². The maximum atomic E-state index is 11.7. The number of amides is 1. The van der Waals surface area contributed by atoms with Crippen molar-refractivity contribution in [3.8, 4) is 0 Å². The smallest absolute Gasteiger partial charge is 0.253 e. The molecule has 0 saturated heterocycles. The molecule has 1 aromatic heterocycles. The van der Waals surface area contributed by atoms with E-state index in [0.29, 0.717) is 11.4 Å². The molecule has 0 aliphatic rings. The fourth-order valence-corrected chi connectivity index (χ4v) is 1.25. The second kappa shape index (κ2) is 4.29. The topological polar surface area (TPSA) is 59.2 Å². The van der Waals surface area contributed by atoms with Gasteiger partial charge >= 0.3 is 0 Å². The standard InChI is InChI=1S/C11H17N3O/c1-7(2)9-5-8(6-10(12)13-9)11(15)14(3)4/h5-7H,1-4H3,(H2,12,13). The number of aromatic nitrogens is 1. The first-order valence-electron chi connectivity index (χ1n) is 4.91. The Bertz CT molecular complexity index is 372. The predicted octanol–water partition coefficient (Wildman–Crippen LogP) is 1.49. The second-order valence-electron chi connectivity index (χ2n) is 4.06. The summed E-state index contributed by atoms with van der Waals surface area (Å²) in [6.07, 6.45) is 0. The van der Waals surface area contributed by atoms with Crippen molar-refractivity contribution in [2.24, 2.45) is 0 Å². The Morgan fingerprint density at radius 1 is 1.40 bits per heavy atom. The molecule has 15 heavy (non-hydrogen) atoms. The third kappa shape index (κ3) is 2.68. The average Bonchev–Trinajstić information content (AvgIpc) is 2.15. The Balaban J connectivity index is 3.14. The molecular formula is C11H17N3O. The maximum absolute atomic E-state index is 11.7. The zero-order valence-corrected chi connectivity index (χ0v) is 9.61. The number of rotatable bonds is 2. The van der Waals surface area contributed by atoms with Crippen molar-refractivity contribution in [1.29, 1.82) is 0 Å². The fourth-order valence-electron chi connectivity index (χ4n) is 1.25. The molecule has 2 N–H and O–H groups in total. The van der Waals surface area contributed by atoms with E-state index < -0.39 is 0 Å². The molecule has 0 spiro atoms. The summed E-state index contributed by atoms with van der Waals surface area (Å²) in [5.41, 5.74) is 7.09. The molecule has 0 aliphatic heterocycles. The summed E-state index contributed by atoms with van der Waals surface area (Å²) >= 11 is 0. The zero-order valence-electron chi connectivity index (χ0n) is 9.61. The molecule has 1 aromatic rings. The monoisotopic (exact) mass is 207 g/mol. The van der Waals surface area contributed by atoms with Crippen molar-refractivity contribution in [1.82, 2.24) is 9.88 Å². The molecule has 0 unspecified atom stereocenters. The van der Waals surface area contributed by atoms with Crippen LogP contribution < -0.4 is 5.73 Å². The van der Waals surface area contributed by atoms with Crippen LogP contribution in [0.1, 0.15) is 35.8 Å². The molecule has 0 aromatic carbocycles. The molecule has 0 atom stereocenters. The van der Waals surface area contributed by atoms with E-state index in [9.17, 15) is 4.79 Å². The highest BCUT2D eigenvalue weighted by Gasteiger charge is 2.11. The van der Waals surface area contributed by atoms with Crippen LogP contribution in [-0.2, 0) is 0 Å². The summed E-state index contributed by atoms with van der Waals surface area (Å²) < 4.78 is 0. The summed E-state index contributed by atoms with van der Waals surface area (Å²) in [4.78, 5) is 17.4. The van der Waals surface area contributed by atoms with Gasteiger partial charge in [0.05, 0.1) is 0 Å². The highest BCUT2D eigenvalue weighted by Crippen LogP contribution is 2.16. The lowest BCUT2D eigenvalue weighted by Gasteiger charge is -2.12. The molecule has 0 aliphatic carbocycles. The fraction of sp³-hybridized carbons (Fsp3) is 0.455. The lowest BCUT2D eigenvalue weighted by atomic mass is 10.1. The third-order valence-corrected chi connectivity index (χ3v) is 2.11. The average molecular weight is 207 g/mol. The molecule has 0 saturated carbocycles. The van der Waals surface area contributed by atoms with Crippen molar-refractivity contribution >= 4 is 11.7 Å². The molecule has 4 heteroatoms. The minimum atomic E-state index is -0.0500. The molecule has 4 nitrogen and oxygen atoms in total. The normalized spacial score (nSPS) is 10.5. The maximum Gasteiger partial charge on any atom is 0.253 e. The van der Waals surface area contributed by atoms with Crippen LogP contribution in [0.5, 0.6) is 0 Å². The van der Waals surface area contributed by atoms with Crippen molar-refractivity contribution < 1.29 is 4.79 Å². The number of nitrogens with two attached hydrogens (primary N) is 1. The van der Waals surface area contributed by atoms with Gasteiger partial charge in [-0.15, -0.1) is 0 Å². The Labute approximate surface area is 90.1 Å². The molecule has 1 heterocycles. The van der Waals surface area contributed by atoms with E-state index in [1.165, 1.54) is 4.90 Å². The van der Waals surface area contributed by atoms with Gasteiger partial charge in [-0.05, 0) is 18.1 Å². The molecule has 82 valence electrons. The summed E-state index contributed by atoms with van der Waals surface area (Å²) in [5.74, 6) is 0.611. The van der Waals surface area contributed by atoms with E-state index in [1.807, 2.05) is 13.8 Å². The number of hydrogen-bond donors (Lipinski definition) is 1. The van der Waals surface area contributed by atoms with Crippen LogP contribution in [0.25, 0.3) is 0 Å². The molecule has 1 amide bonds. The molecule has 0 radical (unpaired) electrons. The summed E-state index contributed by atoms with van der Waals surface area (Å²) in [6, 6.07) is 3.40. The number of nitrogen functional groups attached to an aromatic ring is 1. The lowest BCUT2D eigenvalue weighted by molar-refractivity contribution is 0.0827. The first kappa shape index (κ1) is 11.5. The van der Waals surface area contributed by atoms with Crippen LogP contribution in [0, 0.1) is 0 Å². The summed E-state index contributed by atoms with van der Waals surface area (Å²) in [5, 5.41) is 0. The van der Waals surface area contributed by atoms with Crippen molar-refractivity contribution in [3.63, 3.8) is 0 Å². The number of pyridine rings is 1. The van der Waals surface area contributed by atoms with Crippen LogP contribution in [0.3, 0.4) is 0 Å². The largest absolute Gasteiger partial charge is 0.384 e. The minimum absolute atomic E-state index is 0.0500. The van der Waals surface area contributed by atoms with Gasteiger partial charge in [0, 0.05) is 25.4 Å². The van der Waals surface area contributed by atoms with E-state index in [1.54, 1.807) is 26.2 Å². The molecule has 0 fully saturated rings. The van der Waals surface area contributed by atoms with Crippen LogP contribution in [0.4, 0.5) is 5.82 Å². The summed E-state index contributed by atoms with van der Waals surface area (Å²) in [7, 11) is 3.43. The molecular weight excluding hydrogens is 190 g/mol. The van der Waals surface area contributed by atoms with Crippen molar-refractivity contribution in [2.45, 2.75) is 19.8 Å². The van der Waals surface area contributed by atoms with Gasteiger partial charge in [-0.3, -0.25) is 4.79 Å². The zero-order chi connectivity index (χ0) is 11.6. The number of anilines is 1. The first-order valence-corrected chi connectivity index (χ1v) is 4.91. The van der Waals surface area contributed by atoms with Crippen LogP contribution in [-0.4, -0.2) is 29.9 Å². The SMILES string of the molecule is CC(C)c1cc(C(=O)N(C)C)cc(N)n1. The Morgan fingerprint density at radius 2 is 2.00 bits per heavy atom. The number of carbonyl (C=O) groups excluding carboxylic acids is 1. The predicted molar refractivity (Wildman–Crippen MR) is 60.8 cm³/mol. The van der Waals surface area contributed by atoms with E-state index in [0.717, 1.165) is 5.69 Å². The molecule has 1 rings (SSSR count). The van der Waals surface area contributed by atoms with Gasteiger partial charge < -0.3 is 10.6 Å². The van der Waals surface area contributed by atoms with Crippen LogP contribution in [0.2, 0.25) is 0 Å². The van der Waals surface area contributed by atoms with Gasteiger partial charge in [0.25, 0.3) is 5.91 Å². The number of hydrogen-bond acceptors (Lipinski definition) is 3. The third-order valence-electron chi connectivity index (χ3n) is 2.11.